The van der Waals surface area contributed by atoms with E-state index in [-0.39, 0.29) is 0 Å². The number of ether oxygens (including phenoxy) is 6. The van der Waals surface area contributed by atoms with Gasteiger partial charge in [-0.3, -0.25) is 4.79 Å². The molecule has 1 aliphatic rings. The fourth-order valence-corrected chi connectivity index (χ4v) is 5.38. The summed E-state index contributed by atoms with van der Waals surface area (Å²) in [7, 11) is 0. The number of rotatable bonds is 10. The fraction of sp³-hybridized carbons (Fsp3) is 0.194. The minimum atomic E-state index is -2.34. The van der Waals surface area contributed by atoms with Crippen molar-refractivity contribution >= 4 is 29.8 Å². The molecular weight excluding hydrogens is 800 g/mol. The Morgan fingerprint density at radius 2 is 0.729 bits per heavy atom. The molecule has 4 aromatic carbocycles. The second kappa shape index (κ2) is 16.5. The highest BCUT2D eigenvalue weighted by atomic mass is 16.7. The van der Waals surface area contributed by atoms with E-state index < -0.39 is 158 Å². The molecule has 5 atom stereocenters. The molecule has 1 fully saturated rings. The first-order valence-electron chi connectivity index (χ1n) is 16.3. The van der Waals surface area contributed by atoms with Crippen LogP contribution in [0.3, 0.4) is 0 Å². The Labute approximate surface area is 327 Å². The second-order valence-electron chi connectivity index (χ2n) is 12.3. The molecule has 0 bridgehead atoms. The van der Waals surface area contributed by atoms with Crippen molar-refractivity contribution in [1.29, 1.82) is 0 Å². The zero-order valence-corrected chi connectivity index (χ0v) is 29.6. The van der Waals surface area contributed by atoms with Gasteiger partial charge in [-0.2, -0.15) is 0 Å². The molecule has 0 amide bonds. The van der Waals surface area contributed by atoms with Crippen molar-refractivity contribution in [3.8, 4) is 69.0 Å². The number of hydrogen-bond acceptors (Lipinski definition) is 23. The maximum atomic E-state index is 13.7. The van der Waals surface area contributed by atoms with Crippen LogP contribution >= 0.6 is 0 Å². The molecule has 5 rings (SSSR count). The second-order valence-corrected chi connectivity index (χ2v) is 12.3. The first-order chi connectivity index (χ1) is 27.7. The molecular formula is C36H30O23. The van der Waals surface area contributed by atoms with Gasteiger partial charge in [0.2, 0.25) is 12.4 Å². The zero-order chi connectivity index (χ0) is 43.6. The van der Waals surface area contributed by atoms with Crippen LogP contribution in [0.25, 0.3) is 0 Å². The average Bonchev–Trinajstić information content (AvgIpc) is 3.17. The molecule has 1 heterocycles. The number of phenols is 12. The molecule has 59 heavy (non-hydrogen) atoms. The van der Waals surface area contributed by atoms with Gasteiger partial charge in [0, 0.05) is 6.92 Å². The quantitative estimate of drug-likeness (QED) is 0.0608. The highest BCUT2D eigenvalue weighted by Gasteiger charge is 2.54. The van der Waals surface area contributed by atoms with Crippen LogP contribution in [0.4, 0.5) is 0 Å². The van der Waals surface area contributed by atoms with E-state index in [0.29, 0.717) is 48.5 Å². The predicted octanol–water partition coefficient (Wildman–Crippen LogP) is 1.28. The summed E-state index contributed by atoms with van der Waals surface area (Å²) in [5.41, 5.74) is -2.75. The average molecular weight is 831 g/mol. The molecule has 12 N–H and O–H groups in total. The van der Waals surface area contributed by atoms with Gasteiger partial charge >= 0.3 is 29.8 Å². The molecule has 0 spiro atoms. The number of benzene rings is 4. The highest BCUT2D eigenvalue weighted by molar-refractivity contribution is 5.93. The van der Waals surface area contributed by atoms with E-state index in [0.717, 1.165) is 6.92 Å². The summed E-state index contributed by atoms with van der Waals surface area (Å²) >= 11 is 0. The lowest BCUT2D eigenvalue weighted by Gasteiger charge is -2.43. The summed E-state index contributed by atoms with van der Waals surface area (Å²) < 4.78 is 32.7. The lowest BCUT2D eigenvalue weighted by atomic mass is 9.97. The van der Waals surface area contributed by atoms with Gasteiger partial charge in [0.15, 0.2) is 81.2 Å². The van der Waals surface area contributed by atoms with Gasteiger partial charge in [-0.1, -0.05) is 0 Å². The highest BCUT2D eigenvalue weighted by Crippen LogP contribution is 2.40. The van der Waals surface area contributed by atoms with Crippen molar-refractivity contribution in [2.75, 3.05) is 6.61 Å². The van der Waals surface area contributed by atoms with Crippen LogP contribution in [0.2, 0.25) is 0 Å². The smallest absolute Gasteiger partial charge is 0.339 e. The van der Waals surface area contributed by atoms with Crippen molar-refractivity contribution in [3.05, 3.63) is 70.8 Å². The van der Waals surface area contributed by atoms with E-state index >= 15 is 0 Å². The molecule has 23 heteroatoms. The molecule has 5 unspecified atom stereocenters. The number of carbonyl (C=O) groups excluding carboxylic acids is 5. The van der Waals surface area contributed by atoms with E-state index in [1.165, 1.54) is 0 Å². The first-order valence-corrected chi connectivity index (χ1v) is 16.3. The molecule has 23 nitrogen and oxygen atoms in total. The molecule has 312 valence electrons. The van der Waals surface area contributed by atoms with Crippen molar-refractivity contribution < 1.29 is 114 Å². The Bertz CT molecular complexity index is 2260. The molecule has 0 radical (unpaired) electrons. The van der Waals surface area contributed by atoms with Crippen LogP contribution in [-0.2, 0) is 33.2 Å². The van der Waals surface area contributed by atoms with Crippen molar-refractivity contribution in [1.82, 2.24) is 0 Å². The Hall–Kier alpha value is -8.21. The normalized spacial score (nSPS) is 18.6. The first kappa shape index (κ1) is 41.9. The molecule has 1 aliphatic heterocycles. The van der Waals surface area contributed by atoms with Crippen LogP contribution in [0.1, 0.15) is 48.4 Å². The van der Waals surface area contributed by atoms with Crippen LogP contribution in [0.15, 0.2) is 48.5 Å². The van der Waals surface area contributed by atoms with E-state index in [4.69, 9.17) is 28.4 Å². The monoisotopic (exact) mass is 830 g/mol. The predicted molar refractivity (Wildman–Crippen MR) is 184 cm³/mol. The summed E-state index contributed by atoms with van der Waals surface area (Å²) in [5.74, 6) is -19.6. The largest absolute Gasteiger partial charge is 0.504 e. The van der Waals surface area contributed by atoms with Gasteiger partial charge in [-0.05, 0) is 48.5 Å². The SMILES string of the molecule is CC(=O)OC1OC(COC(=O)c2cc(O)c(O)c(O)c2)C(OC(=O)c2cc(O)c(O)c(O)c2)C(OC(=O)c2cc(O)c(O)c(O)c2)C1OC(=O)c1cc(O)c(O)c(O)c1. The van der Waals surface area contributed by atoms with Crippen LogP contribution in [0, 0.1) is 0 Å². The number of hydrogen-bond donors (Lipinski definition) is 12. The Kier molecular flexibility index (Phi) is 11.7. The van der Waals surface area contributed by atoms with Gasteiger partial charge in [-0.15, -0.1) is 0 Å². The van der Waals surface area contributed by atoms with Crippen molar-refractivity contribution in [2.45, 2.75) is 37.6 Å². The molecule has 4 aromatic rings. The summed E-state index contributed by atoms with van der Waals surface area (Å²) in [4.78, 5) is 66.2. The lowest BCUT2D eigenvalue weighted by molar-refractivity contribution is -0.289. The summed E-state index contributed by atoms with van der Waals surface area (Å²) in [6.45, 7) is -0.284. The summed E-state index contributed by atoms with van der Waals surface area (Å²) in [6, 6.07) is 4.94. The minimum absolute atomic E-state index is 0.587. The molecule has 1 saturated heterocycles. The van der Waals surface area contributed by atoms with Crippen LogP contribution < -0.4 is 0 Å². The number of carbonyl (C=O) groups is 5. The minimum Gasteiger partial charge on any atom is -0.504 e. The maximum absolute atomic E-state index is 13.7. The van der Waals surface area contributed by atoms with Gasteiger partial charge in [-0.25, -0.2) is 19.2 Å². The number of aromatic hydroxyl groups is 12. The van der Waals surface area contributed by atoms with Gasteiger partial charge in [0.05, 0.1) is 22.3 Å². The van der Waals surface area contributed by atoms with E-state index in [1.54, 1.807) is 0 Å². The van der Waals surface area contributed by atoms with Gasteiger partial charge in [0.1, 0.15) is 12.7 Å². The Balaban J connectivity index is 1.64. The Morgan fingerprint density at radius 3 is 1.05 bits per heavy atom. The molecule has 0 aliphatic carbocycles. The molecule has 0 aromatic heterocycles. The summed E-state index contributed by atoms with van der Waals surface area (Å²) in [5, 5.41) is 119. The van der Waals surface area contributed by atoms with E-state index in [9.17, 15) is 85.3 Å². The third-order valence-electron chi connectivity index (χ3n) is 8.20. The van der Waals surface area contributed by atoms with Gasteiger partial charge in [0.25, 0.3) is 0 Å². The van der Waals surface area contributed by atoms with E-state index in [1.807, 2.05) is 0 Å². The van der Waals surface area contributed by atoms with Crippen LogP contribution in [-0.4, -0.2) is 128 Å². The third kappa shape index (κ3) is 8.94. The van der Waals surface area contributed by atoms with E-state index in [2.05, 4.69) is 0 Å². The number of esters is 5. The Morgan fingerprint density at radius 1 is 0.441 bits per heavy atom. The van der Waals surface area contributed by atoms with Crippen molar-refractivity contribution in [2.24, 2.45) is 0 Å². The third-order valence-corrected chi connectivity index (χ3v) is 8.20. The van der Waals surface area contributed by atoms with Crippen molar-refractivity contribution in [3.63, 3.8) is 0 Å². The molecule has 0 saturated carbocycles. The van der Waals surface area contributed by atoms with Gasteiger partial charge < -0.3 is 89.7 Å². The zero-order valence-electron chi connectivity index (χ0n) is 29.6. The topological polar surface area (TPSA) is 383 Å². The maximum Gasteiger partial charge on any atom is 0.339 e. The standard InChI is InChI=1S/C36H30O23/c1-11(37)55-36-31(59-35(53)15-8-22(44)28(49)23(45)9-15)30(58-34(52)14-6-20(42)27(48)21(43)7-14)29(57-33(51)13-4-18(40)26(47)19(41)5-13)24(56-36)10-54-32(50)12-2-16(38)25(46)17(39)3-12/h2-9,24,29-31,36,38-49H,10H2,1H3. The number of phenolic OH excluding ortho intramolecular Hbond substituents is 12. The summed E-state index contributed by atoms with van der Waals surface area (Å²) in [6.07, 6.45) is -11.1. The van der Waals surface area contributed by atoms with Crippen LogP contribution in [0.5, 0.6) is 69.0 Å². The fourth-order valence-electron chi connectivity index (χ4n) is 5.38. The lowest BCUT2D eigenvalue weighted by Crippen LogP contribution is -2.63.